The smallest absolute Gasteiger partial charge is 0.328 e. The Hall–Kier alpha value is -4.84. The number of pyridine rings is 2. The standard InChI is InChI=1S/C10H8N2.2C9H8O2/c1-5-11-6-2-9(1)10-3-7-12-8-4-10;2*10-9(11)7-6-8-4-2-1-3-5-8/h1-8H;2*1-7H,(H,10,11)/b;2*7-6+. The fraction of sp³-hybridized carbons (Fsp3) is 0. The number of hydrogen-bond acceptors (Lipinski definition) is 4. The normalized spacial score (nSPS) is 10.0. The zero-order valence-corrected chi connectivity index (χ0v) is 18.3. The second kappa shape index (κ2) is 15.0. The van der Waals surface area contributed by atoms with Gasteiger partial charge in [-0.2, -0.15) is 0 Å². The van der Waals surface area contributed by atoms with Crippen LogP contribution in [0.2, 0.25) is 0 Å². The van der Waals surface area contributed by atoms with Crippen LogP contribution in [-0.2, 0) is 9.59 Å². The van der Waals surface area contributed by atoms with Crippen LogP contribution in [0.1, 0.15) is 11.1 Å². The molecule has 0 spiro atoms. The maximum absolute atomic E-state index is 10.1. The number of nitrogens with zero attached hydrogens (tertiary/aromatic N) is 2. The predicted molar refractivity (Wildman–Crippen MR) is 134 cm³/mol. The van der Waals surface area contributed by atoms with Gasteiger partial charge in [0.2, 0.25) is 0 Å². The molecule has 2 aromatic carbocycles. The number of rotatable bonds is 5. The van der Waals surface area contributed by atoms with Crippen LogP contribution in [0.5, 0.6) is 0 Å². The molecule has 6 heteroatoms. The molecule has 6 nitrogen and oxygen atoms in total. The number of carboxylic acid groups (broad SMARTS) is 2. The topological polar surface area (TPSA) is 100 Å². The van der Waals surface area contributed by atoms with Gasteiger partial charge in [0.05, 0.1) is 0 Å². The van der Waals surface area contributed by atoms with Crippen LogP contribution in [-0.4, -0.2) is 32.1 Å². The molecule has 0 amide bonds. The van der Waals surface area contributed by atoms with Gasteiger partial charge in [0.15, 0.2) is 0 Å². The molecule has 0 fully saturated rings. The molecule has 34 heavy (non-hydrogen) atoms. The molecule has 0 aliphatic rings. The fourth-order valence-electron chi connectivity index (χ4n) is 2.55. The summed E-state index contributed by atoms with van der Waals surface area (Å²) < 4.78 is 0. The van der Waals surface area contributed by atoms with Crippen molar-refractivity contribution in [2.45, 2.75) is 0 Å². The maximum atomic E-state index is 10.1. The van der Waals surface area contributed by atoms with Gasteiger partial charge in [0.25, 0.3) is 0 Å². The SMILES string of the molecule is O=C(O)/C=C/c1ccccc1.O=C(O)/C=C/c1ccccc1.c1cc(-c2ccncc2)ccn1. The third-order valence-corrected chi connectivity index (χ3v) is 4.13. The zero-order valence-electron chi connectivity index (χ0n) is 18.3. The van der Waals surface area contributed by atoms with E-state index in [2.05, 4.69) is 9.97 Å². The minimum Gasteiger partial charge on any atom is -0.478 e. The minimum absolute atomic E-state index is 0.898. The van der Waals surface area contributed by atoms with E-state index in [1.807, 2.05) is 84.9 Å². The largest absolute Gasteiger partial charge is 0.478 e. The molecule has 0 aliphatic carbocycles. The Morgan fingerprint density at radius 3 is 1.15 bits per heavy atom. The van der Waals surface area contributed by atoms with Gasteiger partial charge in [-0.15, -0.1) is 0 Å². The lowest BCUT2D eigenvalue weighted by Crippen LogP contribution is -1.85. The first-order chi connectivity index (χ1) is 16.5. The first-order valence-corrected chi connectivity index (χ1v) is 10.3. The van der Waals surface area contributed by atoms with Crippen LogP contribution in [0.25, 0.3) is 23.3 Å². The van der Waals surface area contributed by atoms with Crippen molar-refractivity contribution in [2.75, 3.05) is 0 Å². The molecular weight excluding hydrogens is 428 g/mol. The molecule has 0 unspecified atom stereocenters. The Balaban J connectivity index is 0.000000181. The lowest BCUT2D eigenvalue weighted by molar-refractivity contribution is -0.132. The second-order valence-electron chi connectivity index (χ2n) is 6.64. The molecule has 0 saturated heterocycles. The van der Waals surface area contributed by atoms with Crippen molar-refractivity contribution >= 4 is 24.1 Å². The summed E-state index contributed by atoms with van der Waals surface area (Å²) >= 11 is 0. The van der Waals surface area contributed by atoms with E-state index in [0.717, 1.165) is 23.3 Å². The van der Waals surface area contributed by atoms with Crippen LogP contribution < -0.4 is 0 Å². The van der Waals surface area contributed by atoms with E-state index >= 15 is 0 Å². The number of carboxylic acids is 2. The summed E-state index contributed by atoms with van der Waals surface area (Å²) in [6.07, 6.45) is 12.5. The van der Waals surface area contributed by atoms with Crippen molar-refractivity contribution in [3.63, 3.8) is 0 Å². The molecule has 2 N–H and O–H groups in total. The van der Waals surface area contributed by atoms with Crippen LogP contribution in [0.15, 0.2) is 122 Å². The van der Waals surface area contributed by atoms with E-state index in [1.165, 1.54) is 11.1 Å². The highest BCUT2D eigenvalue weighted by molar-refractivity contribution is 5.85. The molecular formula is C28H24N2O4. The molecule has 4 rings (SSSR count). The average molecular weight is 453 g/mol. The summed E-state index contributed by atoms with van der Waals surface area (Å²) in [5.74, 6) is -1.84. The quantitative estimate of drug-likeness (QED) is 0.376. The summed E-state index contributed by atoms with van der Waals surface area (Å²) in [6.45, 7) is 0. The van der Waals surface area contributed by atoms with Crippen LogP contribution in [0.3, 0.4) is 0 Å². The summed E-state index contributed by atoms with van der Waals surface area (Å²) in [7, 11) is 0. The second-order valence-corrected chi connectivity index (χ2v) is 6.64. The average Bonchev–Trinajstić information content (AvgIpc) is 2.89. The van der Waals surface area contributed by atoms with Gasteiger partial charge in [0.1, 0.15) is 0 Å². The summed E-state index contributed by atoms with van der Waals surface area (Å²) in [6, 6.07) is 26.5. The van der Waals surface area contributed by atoms with E-state index in [-0.39, 0.29) is 0 Å². The van der Waals surface area contributed by atoms with Crippen molar-refractivity contribution in [1.82, 2.24) is 9.97 Å². The van der Waals surface area contributed by atoms with Gasteiger partial charge in [0, 0.05) is 36.9 Å². The first-order valence-electron chi connectivity index (χ1n) is 10.3. The van der Waals surface area contributed by atoms with E-state index < -0.39 is 11.9 Å². The molecule has 170 valence electrons. The third-order valence-electron chi connectivity index (χ3n) is 4.13. The first kappa shape index (κ1) is 25.4. The highest BCUT2D eigenvalue weighted by Gasteiger charge is 1.93. The van der Waals surface area contributed by atoms with Crippen molar-refractivity contribution < 1.29 is 19.8 Å². The van der Waals surface area contributed by atoms with Gasteiger partial charge in [-0.05, 0) is 58.7 Å². The van der Waals surface area contributed by atoms with E-state index in [0.29, 0.717) is 0 Å². The summed E-state index contributed by atoms with van der Waals surface area (Å²) in [5.41, 5.74) is 4.14. The lowest BCUT2D eigenvalue weighted by atomic mass is 10.1. The van der Waals surface area contributed by atoms with Gasteiger partial charge >= 0.3 is 11.9 Å². The number of carbonyl (C=O) groups is 2. The minimum atomic E-state index is -0.922. The van der Waals surface area contributed by atoms with E-state index in [9.17, 15) is 9.59 Å². The van der Waals surface area contributed by atoms with Crippen molar-refractivity contribution in [1.29, 1.82) is 0 Å². The van der Waals surface area contributed by atoms with Crippen molar-refractivity contribution in [3.05, 3.63) is 133 Å². The summed E-state index contributed by atoms with van der Waals surface area (Å²) in [5, 5.41) is 16.6. The molecule has 2 aromatic heterocycles. The highest BCUT2D eigenvalue weighted by atomic mass is 16.4. The Bertz CT molecular complexity index is 1080. The van der Waals surface area contributed by atoms with Crippen LogP contribution in [0.4, 0.5) is 0 Å². The van der Waals surface area contributed by atoms with Crippen LogP contribution >= 0.6 is 0 Å². The van der Waals surface area contributed by atoms with E-state index in [4.69, 9.17) is 10.2 Å². The number of aromatic nitrogens is 2. The monoisotopic (exact) mass is 452 g/mol. The van der Waals surface area contributed by atoms with Gasteiger partial charge in [-0.3, -0.25) is 9.97 Å². The van der Waals surface area contributed by atoms with Gasteiger partial charge in [-0.25, -0.2) is 9.59 Å². The van der Waals surface area contributed by atoms with E-state index in [1.54, 1.807) is 36.9 Å². The molecule has 0 bridgehead atoms. The molecule has 0 saturated carbocycles. The van der Waals surface area contributed by atoms with Crippen molar-refractivity contribution in [2.24, 2.45) is 0 Å². The van der Waals surface area contributed by atoms with Gasteiger partial charge in [-0.1, -0.05) is 60.7 Å². The molecule has 0 radical (unpaired) electrons. The Morgan fingerprint density at radius 1 is 0.529 bits per heavy atom. The highest BCUT2D eigenvalue weighted by Crippen LogP contribution is 2.15. The Labute approximate surface area is 198 Å². The lowest BCUT2D eigenvalue weighted by Gasteiger charge is -1.97. The zero-order chi connectivity index (χ0) is 24.4. The van der Waals surface area contributed by atoms with Crippen molar-refractivity contribution in [3.8, 4) is 11.1 Å². The Kier molecular flexibility index (Phi) is 11.2. The van der Waals surface area contributed by atoms with Gasteiger partial charge < -0.3 is 10.2 Å². The van der Waals surface area contributed by atoms with Crippen LogP contribution in [0, 0.1) is 0 Å². The molecule has 0 atom stereocenters. The molecule has 4 aromatic rings. The number of aliphatic carboxylic acids is 2. The number of hydrogen-bond donors (Lipinski definition) is 2. The Morgan fingerprint density at radius 2 is 0.853 bits per heavy atom. The molecule has 0 aliphatic heterocycles. The molecule has 2 heterocycles. The number of benzene rings is 2. The maximum Gasteiger partial charge on any atom is 0.328 e. The fourth-order valence-corrected chi connectivity index (χ4v) is 2.55. The third kappa shape index (κ3) is 11.0. The summed E-state index contributed by atoms with van der Waals surface area (Å²) in [4.78, 5) is 28.1. The predicted octanol–water partition coefficient (Wildman–Crippen LogP) is 5.71.